The number of halogens is 3. The molecule has 2 rings (SSSR count). The Labute approximate surface area is 107 Å². The summed E-state index contributed by atoms with van der Waals surface area (Å²) in [4.78, 5) is 0. The Kier molecular flexibility index (Phi) is 4.67. The summed E-state index contributed by atoms with van der Waals surface area (Å²) in [5.74, 6) is 0. The predicted octanol–water partition coefficient (Wildman–Crippen LogP) is 2.51. The zero-order valence-electron chi connectivity index (χ0n) is 9.29. The van der Waals surface area contributed by atoms with Crippen molar-refractivity contribution in [2.45, 2.75) is 5.51 Å². The fraction of sp³-hybridized carbons (Fsp3) is 0.100. The first-order valence-corrected chi connectivity index (χ1v) is 6.24. The van der Waals surface area contributed by atoms with Gasteiger partial charge in [-0.2, -0.15) is 26.7 Å². The minimum Gasteiger partial charge on any atom is -0.279 e. The minimum atomic E-state index is -5.84. The summed E-state index contributed by atoms with van der Waals surface area (Å²) >= 11 is 0. The van der Waals surface area contributed by atoms with E-state index in [0.717, 1.165) is 5.69 Å². The smallest absolute Gasteiger partial charge is 0.279 e. The van der Waals surface area contributed by atoms with Gasteiger partial charge in [-0.25, -0.2) is 0 Å². The number of alkyl halides is 3. The molecule has 0 aromatic heterocycles. The molecule has 0 atom stereocenters. The van der Waals surface area contributed by atoms with Crippen LogP contribution in [0.3, 0.4) is 0 Å². The third-order valence-corrected chi connectivity index (χ3v) is 2.46. The van der Waals surface area contributed by atoms with E-state index < -0.39 is 15.6 Å². The van der Waals surface area contributed by atoms with Gasteiger partial charge in [0, 0.05) is 6.21 Å². The maximum Gasteiger partial charge on any atom is 0.522 e. The fourth-order valence-corrected chi connectivity index (χ4v) is 1.04. The van der Waals surface area contributed by atoms with E-state index in [1.165, 1.54) is 5.56 Å². The number of hydrazone groups is 1. The highest BCUT2D eigenvalue weighted by atomic mass is 32.2. The van der Waals surface area contributed by atoms with E-state index >= 15 is 0 Å². The number of hydrogen-bond donors (Lipinski definition) is 2. The third kappa shape index (κ3) is 4.72. The Balaban J connectivity index is 0.000000203. The van der Waals surface area contributed by atoms with E-state index in [0.29, 0.717) is 0 Å². The standard InChI is InChI=1S/C9H8N2.CHF3O3S/c1-2-6-9-8(4-1)5-3-7-10-11-9;2-1(3,4)8(5,6)7/h1-7,11H;(H,5,6,7). The van der Waals surface area contributed by atoms with Crippen LogP contribution in [0, 0.1) is 0 Å². The van der Waals surface area contributed by atoms with Crippen molar-refractivity contribution in [3.8, 4) is 0 Å². The number of anilines is 1. The lowest BCUT2D eigenvalue weighted by molar-refractivity contribution is -0.0510. The molecule has 9 heteroatoms. The highest BCUT2D eigenvalue weighted by Crippen LogP contribution is 2.20. The average molecular weight is 294 g/mol. The molecule has 0 saturated heterocycles. The average Bonchev–Trinajstić information content (AvgIpc) is 2.51. The van der Waals surface area contributed by atoms with Crippen LogP contribution in [0.4, 0.5) is 18.9 Å². The molecule has 1 aliphatic rings. The van der Waals surface area contributed by atoms with Crippen molar-refractivity contribution < 1.29 is 26.1 Å². The van der Waals surface area contributed by atoms with E-state index in [1.807, 2.05) is 36.4 Å². The molecule has 0 saturated carbocycles. The molecule has 2 N–H and O–H groups in total. The molecular formula is C10H9F3N2O3S. The molecule has 1 aromatic carbocycles. The van der Waals surface area contributed by atoms with E-state index in [1.54, 1.807) is 6.21 Å². The number of para-hydroxylation sites is 1. The number of rotatable bonds is 0. The third-order valence-electron chi connectivity index (χ3n) is 1.87. The van der Waals surface area contributed by atoms with Crippen molar-refractivity contribution in [3.05, 3.63) is 35.9 Å². The number of fused-ring (bicyclic) bond motifs is 1. The van der Waals surface area contributed by atoms with Gasteiger partial charge in [-0.3, -0.25) is 9.98 Å². The van der Waals surface area contributed by atoms with Crippen LogP contribution < -0.4 is 5.43 Å². The van der Waals surface area contributed by atoms with E-state index in [2.05, 4.69) is 10.5 Å². The number of nitrogens with zero attached hydrogens (tertiary/aromatic N) is 1. The van der Waals surface area contributed by atoms with Crippen molar-refractivity contribution in [3.63, 3.8) is 0 Å². The zero-order chi connectivity index (χ0) is 14.5. The maximum absolute atomic E-state index is 10.7. The Morgan fingerprint density at radius 2 is 1.79 bits per heavy atom. The predicted molar refractivity (Wildman–Crippen MR) is 65.2 cm³/mol. The van der Waals surface area contributed by atoms with Gasteiger partial charge in [0.1, 0.15) is 0 Å². The minimum absolute atomic E-state index is 1.05. The van der Waals surface area contributed by atoms with Crippen LogP contribution in [0.2, 0.25) is 0 Å². The molecule has 1 aliphatic heterocycles. The molecule has 1 heterocycles. The van der Waals surface area contributed by atoms with Crippen LogP contribution in [0.15, 0.2) is 35.4 Å². The SMILES string of the molecule is C1=Cc2ccccc2NN=C1.O=S(=O)(O)C(F)(F)F. The molecule has 0 amide bonds. The summed E-state index contributed by atoms with van der Waals surface area (Å²) in [6.45, 7) is 0. The summed E-state index contributed by atoms with van der Waals surface area (Å²) < 4.78 is 57.5. The molecule has 0 aliphatic carbocycles. The highest BCUT2D eigenvalue weighted by Gasteiger charge is 2.44. The summed E-state index contributed by atoms with van der Waals surface area (Å²) in [7, 11) is -5.84. The largest absolute Gasteiger partial charge is 0.522 e. The van der Waals surface area contributed by atoms with Gasteiger partial charge in [0.25, 0.3) is 0 Å². The van der Waals surface area contributed by atoms with Crippen molar-refractivity contribution in [1.29, 1.82) is 0 Å². The number of allylic oxidation sites excluding steroid dienone is 1. The highest BCUT2D eigenvalue weighted by molar-refractivity contribution is 7.86. The molecule has 0 unspecified atom stereocenters. The molecule has 5 nitrogen and oxygen atoms in total. The normalized spacial score (nSPS) is 13.7. The Morgan fingerprint density at radius 3 is 2.37 bits per heavy atom. The quantitative estimate of drug-likeness (QED) is 0.569. The molecule has 0 radical (unpaired) electrons. The van der Waals surface area contributed by atoms with Gasteiger partial charge >= 0.3 is 15.6 Å². The second-order valence-electron chi connectivity index (χ2n) is 3.26. The van der Waals surface area contributed by atoms with Crippen LogP contribution in [0.5, 0.6) is 0 Å². The second-order valence-corrected chi connectivity index (χ2v) is 4.67. The van der Waals surface area contributed by atoms with E-state index in [-0.39, 0.29) is 0 Å². The Hall–Kier alpha value is -1.87. The van der Waals surface area contributed by atoms with Crippen molar-refractivity contribution in [2.24, 2.45) is 5.10 Å². The summed E-state index contributed by atoms with van der Waals surface area (Å²) in [5.41, 5.74) is -0.378. The Morgan fingerprint density at radius 1 is 1.21 bits per heavy atom. The summed E-state index contributed by atoms with van der Waals surface area (Å²) in [5, 5.41) is 3.95. The molecule has 1 aromatic rings. The molecule has 19 heavy (non-hydrogen) atoms. The lowest BCUT2D eigenvalue weighted by Crippen LogP contribution is -2.21. The van der Waals surface area contributed by atoms with E-state index in [9.17, 15) is 13.2 Å². The summed E-state index contributed by atoms with van der Waals surface area (Å²) in [6.07, 6.45) is 5.68. The van der Waals surface area contributed by atoms with Crippen LogP contribution in [0.25, 0.3) is 6.08 Å². The van der Waals surface area contributed by atoms with E-state index in [4.69, 9.17) is 13.0 Å². The molecular weight excluding hydrogens is 285 g/mol. The first-order chi connectivity index (χ1) is 8.72. The van der Waals surface area contributed by atoms with Crippen molar-refractivity contribution >= 4 is 28.1 Å². The van der Waals surface area contributed by atoms with Crippen molar-refractivity contribution in [2.75, 3.05) is 5.43 Å². The van der Waals surface area contributed by atoms with Gasteiger partial charge in [-0.05, 0) is 17.7 Å². The topological polar surface area (TPSA) is 78.8 Å². The number of nitrogens with one attached hydrogen (secondary N) is 1. The molecule has 104 valence electrons. The lowest BCUT2D eigenvalue weighted by Gasteiger charge is -2.00. The number of hydrogen-bond acceptors (Lipinski definition) is 4. The van der Waals surface area contributed by atoms with Crippen LogP contribution in [-0.4, -0.2) is 24.7 Å². The van der Waals surface area contributed by atoms with Crippen molar-refractivity contribution in [1.82, 2.24) is 0 Å². The maximum atomic E-state index is 10.7. The van der Waals surface area contributed by atoms with Gasteiger partial charge in [-0.15, -0.1) is 0 Å². The molecule has 0 fully saturated rings. The van der Waals surface area contributed by atoms with Gasteiger partial charge in [0.2, 0.25) is 0 Å². The van der Waals surface area contributed by atoms with Gasteiger partial charge in [0.15, 0.2) is 0 Å². The summed E-state index contributed by atoms with van der Waals surface area (Å²) in [6, 6.07) is 8.05. The molecule has 0 bridgehead atoms. The number of benzene rings is 1. The van der Waals surface area contributed by atoms with Gasteiger partial charge < -0.3 is 0 Å². The fourth-order valence-electron chi connectivity index (χ4n) is 1.04. The van der Waals surface area contributed by atoms with Crippen LogP contribution >= 0.6 is 0 Å². The first-order valence-electron chi connectivity index (χ1n) is 4.80. The van der Waals surface area contributed by atoms with Gasteiger partial charge in [0.05, 0.1) is 5.69 Å². The molecule has 0 spiro atoms. The Bertz CT molecular complexity index is 594. The first kappa shape index (κ1) is 15.2. The monoisotopic (exact) mass is 294 g/mol. The van der Waals surface area contributed by atoms with Gasteiger partial charge in [-0.1, -0.05) is 24.3 Å². The van der Waals surface area contributed by atoms with Crippen LogP contribution in [-0.2, 0) is 10.1 Å². The zero-order valence-corrected chi connectivity index (χ0v) is 10.1. The van der Waals surface area contributed by atoms with Crippen LogP contribution in [0.1, 0.15) is 5.56 Å². The lowest BCUT2D eigenvalue weighted by atomic mass is 10.2. The second kappa shape index (κ2) is 5.85.